The van der Waals surface area contributed by atoms with Crippen LogP contribution in [-0.2, 0) is 6.42 Å². The quantitative estimate of drug-likeness (QED) is 0.918. The second kappa shape index (κ2) is 4.51. The van der Waals surface area contributed by atoms with Crippen molar-refractivity contribution in [3.63, 3.8) is 0 Å². The number of aromatic nitrogens is 1. The molecular weight excluding hydrogens is 296 g/mol. The highest BCUT2D eigenvalue weighted by atomic mass is 79.9. The number of halogens is 2. The van der Waals surface area contributed by atoms with Gasteiger partial charge in [0.1, 0.15) is 0 Å². The summed E-state index contributed by atoms with van der Waals surface area (Å²) in [6.45, 7) is 0. The molecule has 0 aliphatic carbocycles. The van der Waals surface area contributed by atoms with Crippen LogP contribution in [-0.4, -0.2) is 4.98 Å². The van der Waals surface area contributed by atoms with E-state index in [1.54, 1.807) is 6.20 Å². The molecule has 0 bridgehead atoms. The molecule has 0 radical (unpaired) electrons. The maximum absolute atomic E-state index is 5.86. The normalized spacial score (nSPS) is 10.5. The van der Waals surface area contributed by atoms with Gasteiger partial charge in [0, 0.05) is 27.0 Å². The van der Waals surface area contributed by atoms with Crippen LogP contribution in [0.3, 0.4) is 0 Å². The zero-order valence-corrected chi connectivity index (χ0v) is 10.9. The fourth-order valence-electron chi connectivity index (χ4n) is 1.26. The topological polar surface area (TPSA) is 38.9 Å². The second-order valence-electron chi connectivity index (χ2n) is 3.08. The third kappa shape index (κ3) is 2.71. The predicted molar refractivity (Wildman–Crippen MR) is 68.5 cm³/mol. The van der Waals surface area contributed by atoms with Crippen molar-refractivity contribution < 1.29 is 0 Å². The maximum atomic E-state index is 5.86. The monoisotopic (exact) mass is 302 g/mol. The van der Waals surface area contributed by atoms with E-state index >= 15 is 0 Å². The van der Waals surface area contributed by atoms with Crippen molar-refractivity contribution in [3.05, 3.63) is 44.3 Å². The Hall–Kier alpha value is -0.580. The number of rotatable bonds is 2. The van der Waals surface area contributed by atoms with Crippen LogP contribution in [0.15, 0.2) is 28.9 Å². The van der Waals surface area contributed by atoms with Crippen molar-refractivity contribution >= 4 is 44.0 Å². The first-order chi connectivity index (χ1) is 7.15. The van der Waals surface area contributed by atoms with Crippen molar-refractivity contribution in [2.45, 2.75) is 6.42 Å². The van der Waals surface area contributed by atoms with E-state index < -0.39 is 0 Å². The minimum absolute atomic E-state index is 0.607. The number of benzene rings is 1. The summed E-state index contributed by atoms with van der Waals surface area (Å²) in [5.74, 6) is 0. The Morgan fingerprint density at radius 1 is 1.47 bits per heavy atom. The maximum Gasteiger partial charge on any atom is 0.180 e. The molecule has 2 nitrogen and oxygen atoms in total. The van der Waals surface area contributed by atoms with E-state index in [1.165, 1.54) is 16.9 Å². The van der Waals surface area contributed by atoms with Crippen molar-refractivity contribution in [3.8, 4) is 0 Å². The van der Waals surface area contributed by atoms with Gasteiger partial charge >= 0.3 is 0 Å². The van der Waals surface area contributed by atoms with Crippen LogP contribution in [0.4, 0.5) is 5.13 Å². The van der Waals surface area contributed by atoms with Crippen molar-refractivity contribution in [1.82, 2.24) is 4.98 Å². The molecule has 0 aliphatic rings. The van der Waals surface area contributed by atoms with E-state index in [1.807, 2.05) is 18.2 Å². The Labute approximate surface area is 105 Å². The van der Waals surface area contributed by atoms with Gasteiger partial charge in [0.05, 0.1) is 0 Å². The molecule has 0 atom stereocenters. The molecule has 1 aromatic carbocycles. The number of nitrogen functional groups attached to an aromatic ring is 1. The predicted octanol–water partition coefficient (Wildman–Crippen LogP) is 3.73. The van der Waals surface area contributed by atoms with E-state index in [-0.39, 0.29) is 0 Å². The minimum Gasteiger partial charge on any atom is -0.375 e. The van der Waals surface area contributed by atoms with E-state index in [9.17, 15) is 0 Å². The lowest BCUT2D eigenvalue weighted by atomic mass is 10.1. The molecule has 0 fully saturated rings. The molecular formula is C10H8BrClN2S. The average Bonchev–Trinajstić information content (AvgIpc) is 2.56. The largest absolute Gasteiger partial charge is 0.375 e. The van der Waals surface area contributed by atoms with Crippen molar-refractivity contribution in [2.75, 3.05) is 5.73 Å². The summed E-state index contributed by atoms with van der Waals surface area (Å²) in [5.41, 5.74) is 6.75. The molecule has 0 saturated heterocycles. The molecule has 1 heterocycles. The number of nitrogens with zero attached hydrogens (tertiary/aromatic N) is 1. The fourth-order valence-corrected chi connectivity index (χ4v) is 2.79. The van der Waals surface area contributed by atoms with Crippen LogP contribution < -0.4 is 5.73 Å². The molecule has 2 N–H and O–H groups in total. The summed E-state index contributed by atoms with van der Waals surface area (Å²) in [6.07, 6.45) is 2.63. The molecule has 0 saturated carbocycles. The first-order valence-corrected chi connectivity index (χ1v) is 6.28. The molecule has 2 aromatic rings. The van der Waals surface area contributed by atoms with E-state index in [0.29, 0.717) is 5.13 Å². The van der Waals surface area contributed by atoms with Crippen molar-refractivity contribution in [1.29, 1.82) is 0 Å². The Morgan fingerprint density at radius 2 is 2.27 bits per heavy atom. The Bertz CT molecular complexity index is 484. The summed E-state index contributed by atoms with van der Waals surface area (Å²) >= 11 is 10.9. The average molecular weight is 304 g/mol. The number of thiazole rings is 1. The highest BCUT2D eigenvalue weighted by Gasteiger charge is 2.04. The van der Waals surface area contributed by atoms with Gasteiger partial charge in [-0.05, 0) is 17.7 Å². The first kappa shape index (κ1) is 10.9. The molecule has 5 heteroatoms. The molecule has 1 aromatic heterocycles. The van der Waals surface area contributed by atoms with Gasteiger partial charge < -0.3 is 5.73 Å². The van der Waals surface area contributed by atoms with Gasteiger partial charge in [0.25, 0.3) is 0 Å². The zero-order valence-electron chi connectivity index (χ0n) is 7.71. The van der Waals surface area contributed by atoms with Crippen LogP contribution in [0.1, 0.15) is 10.4 Å². The standard InChI is InChI=1S/C10H8BrClN2S/c11-9-4-7(12)2-1-6(9)3-8-5-14-10(13)15-8/h1-2,4-5H,3H2,(H2,13,14). The molecule has 0 aliphatic heterocycles. The second-order valence-corrected chi connectivity index (χ2v) is 5.51. The van der Waals surface area contributed by atoms with Crippen LogP contribution in [0, 0.1) is 0 Å². The van der Waals surface area contributed by atoms with E-state index in [0.717, 1.165) is 20.8 Å². The third-order valence-electron chi connectivity index (χ3n) is 1.95. The molecule has 0 amide bonds. The van der Waals surface area contributed by atoms with Crippen LogP contribution >= 0.6 is 38.9 Å². The number of hydrogen-bond acceptors (Lipinski definition) is 3. The summed E-state index contributed by atoms with van der Waals surface area (Å²) < 4.78 is 1.02. The lowest BCUT2D eigenvalue weighted by Crippen LogP contribution is -1.86. The molecule has 2 rings (SSSR count). The molecule has 0 unspecified atom stereocenters. The van der Waals surface area contributed by atoms with Crippen LogP contribution in [0.25, 0.3) is 0 Å². The van der Waals surface area contributed by atoms with Crippen molar-refractivity contribution in [2.24, 2.45) is 0 Å². The Morgan fingerprint density at radius 3 is 2.87 bits per heavy atom. The number of hydrogen-bond donors (Lipinski definition) is 1. The van der Waals surface area contributed by atoms with Gasteiger partial charge in [-0.1, -0.05) is 33.6 Å². The molecule has 15 heavy (non-hydrogen) atoms. The summed E-state index contributed by atoms with van der Waals surface area (Å²) in [7, 11) is 0. The highest BCUT2D eigenvalue weighted by Crippen LogP contribution is 2.26. The Kier molecular flexibility index (Phi) is 3.29. The SMILES string of the molecule is Nc1ncc(Cc2ccc(Cl)cc2Br)s1. The molecule has 78 valence electrons. The van der Waals surface area contributed by atoms with Gasteiger partial charge in [0.2, 0.25) is 0 Å². The van der Waals surface area contributed by atoms with Gasteiger partial charge in [-0.2, -0.15) is 0 Å². The van der Waals surface area contributed by atoms with Gasteiger partial charge in [0.15, 0.2) is 5.13 Å². The highest BCUT2D eigenvalue weighted by molar-refractivity contribution is 9.10. The zero-order chi connectivity index (χ0) is 10.8. The lowest BCUT2D eigenvalue weighted by molar-refractivity contribution is 1.20. The van der Waals surface area contributed by atoms with E-state index in [2.05, 4.69) is 20.9 Å². The van der Waals surface area contributed by atoms with Crippen LogP contribution in [0.5, 0.6) is 0 Å². The Balaban J connectivity index is 2.24. The number of anilines is 1. The van der Waals surface area contributed by atoms with Gasteiger partial charge in [-0.25, -0.2) is 4.98 Å². The third-order valence-corrected chi connectivity index (χ3v) is 3.75. The summed E-state index contributed by atoms with van der Waals surface area (Å²) in [6, 6.07) is 5.77. The fraction of sp³-hybridized carbons (Fsp3) is 0.100. The molecule has 0 spiro atoms. The smallest absolute Gasteiger partial charge is 0.180 e. The van der Waals surface area contributed by atoms with Gasteiger partial charge in [-0.15, -0.1) is 11.3 Å². The summed E-state index contributed by atoms with van der Waals surface area (Å²) in [4.78, 5) is 5.16. The van der Waals surface area contributed by atoms with Crippen LogP contribution in [0.2, 0.25) is 5.02 Å². The van der Waals surface area contributed by atoms with Gasteiger partial charge in [-0.3, -0.25) is 0 Å². The first-order valence-electron chi connectivity index (χ1n) is 4.29. The number of nitrogens with two attached hydrogens (primary N) is 1. The lowest BCUT2D eigenvalue weighted by Gasteiger charge is -2.02. The summed E-state index contributed by atoms with van der Waals surface area (Å²) in [5, 5.41) is 1.34. The van der Waals surface area contributed by atoms with E-state index in [4.69, 9.17) is 17.3 Å². The minimum atomic E-state index is 0.607.